The van der Waals surface area contributed by atoms with E-state index in [-0.39, 0.29) is 23.5 Å². The Hall–Kier alpha value is -2.19. The highest BCUT2D eigenvalue weighted by Crippen LogP contribution is 2.09. The molecule has 0 atom stereocenters. The molecule has 0 fully saturated rings. The molecule has 22 heavy (non-hydrogen) atoms. The lowest BCUT2D eigenvalue weighted by atomic mass is 10.3. The number of nitrogens with one attached hydrogen (secondary N) is 1. The van der Waals surface area contributed by atoms with Crippen molar-refractivity contribution in [1.29, 1.82) is 0 Å². The zero-order valence-corrected chi connectivity index (χ0v) is 13.1. The molecule has 0 radical (unpaired) electrons. The van der Waals surface area contributed by atoms with E-state index in [1.165, 1.54) is 36.2 Å². The summed E-state index contributed by atoms with van der Waals surface area (Å²) in [6.07, 6.45) is 2.77. The first-order chi connectivity index (χ1) is 10.4. The summed E-state index contributed by atoms with van der Waals surface area (Å²) in [7, 11) is -2.13. The third kappa shape index (κ3) is 3.71. The molecule has 0 saturated heterocycles. The molecule has 0 amide bonds. The Morgan fingerprint density at radius 1 is 1.36 bits per heavy atom. The van der Waals surface area contributed by atoms with Gasteiger partial charge in [0.1, 0.15) is 10.6 Å². The lowest BCUT2D eigenvalue weighted by Gasteiger charge is -2.12. The summed E-state index contributed by atoms with van der Waals surface area (Å²) in [5, 5.41) is 0. The van der Waals surface area contributed by atoms with Crippen LogP contribution in [0.1, 0.15) is 5.69 Å². The number of methoxy groups -OCH3 is 1. The zero-order chi connectivity index (χ0) is 16.2. The Kier molecular flexibility index (Phi) is 4.94. The fraction of sp³-hybridized carbons (Fsp3) is 0.286. The molecule has 2 aromatic heterocycles. The van der Waals surface area contributed by atoms with E-state index in [2.05, 4.69) is 9.71 Å². The molecule has 0 aliphatic heterocycles. The van der Waals surface area contributed by atoms with Gasteiger partial charge in [-0.2, -0.15) is 0 Å². The fourth-order valence-electron chi connectivity index (χ4n) is 1.98. The summed E-state index contributed by atoms with van der Waals surface area (Å²) >= 11 is 0. The van der Waals surface area contributed by atoms with Crippen molar-refractivity contribution in [2.75, 3.05) is 13.7 Å². The van der Waals surface area contributed by atoms with Gasteiger partial charge in [-0.25, -0.2) is 13.1 Å². The lowest BCUT2D eigenvalue weighted by Crippen LogP contribution is -2.31. The molecule has 8 heteroatoms. The molecule has 2 heterocycles. The lowest BCUT2D eigenvalue weighted by molar-refractivity contribution is 0.411. The van der Waals surface area contributed by atoms with Gasteiger partial charge in [0.05, 0.1) is 7.11 Å². The van der Waals surface area contributed by atoms with Crippen LogP contribution in [0.25, 0.3) is 0 Å². The number of aryl methyl sites for hydroxylation is 1. The maximum absolute atomic E-state index is 12.0. The van der Waals surface area contributed by atoms with Crippen LogP contribution in [0.3, 0.4) is 0 Å². The van der Waals surface area contributed by atoms with Crippen LogP contribution >= 0.6 is 0 Å². The van der Waals surface area contributed by atoms with E-state index in [4.69, 9.17) is 4.74 Å². The molecule has 0 aliphatic carbocycles. The van der Waals surface area contributed by atoms with Crippen LogP contribution in [0.4, 0.5) is 0 Å². The van der Waals surface area contributed by atoms with Gasteiger partial charge in [-0.15, -0.1) is 0 Å². The van der Waals surface area contributed by atoms with Crippen LogP contribution in [0.2, 0.25) is 0 Å². The molecule has 0 bridgehead atoms. The quantitative estimate of drug-likeness (QED) is 0.838. The SMILES string of the molecule is COc1cc(C)n(CCNS(=O)(=O)c2cccnc2)c(=O)c1. The van der Waals surface area contributed by atoms with Crippen LogP contribution in [0.15, 0.2) is 46.3 Å². The molecular weight excluding hydrogens is 306 g/mol. The third-order valence-corrected chi connectivity index (χ3v) is 4.56. The maximum Gasteiger partial charge on any atom is 0.254 e. The second-order valence-electron chi connectivity index (χ2n) is 4.61. The molecule has 2 aromatic rings. The molecule has 0 unspecified atom stereocenters. The van der Waals surface area contributed by atoms with Crippen molar-refractivity contribution < 1.29 is 13.2 Å². The van der Waals surface area contributed by atoms with Crippen molar-refractivity contribution in [3.05, 3.63) is 52.7 Å². The van der Waals surface area contributed by atoms with Gasteiger partial charge in [-0.1, -0.05) is 0 Å². The first-order valence-electron chi connectivity index (χ1n) is 6.59. The van der Waals surface area contributed by atoms with Crippen molar-refractivity contribution in [3.63, 3.8) is 0 Å². The van der Waals surface area contributed by atoms with E-state index >= 15 is 0 Å². The summed E-state index contributed by atoms with van der Waals surface area (Å²) in [5.41, 5.74) is 0.461. The van der Waals surface area contributed by atoms with Crippen molar-refractivity contribution >= 4 is 10.0 Å². The summed E-state index contributed by atoms with van der Waals surface area (Å²) in [6.45, 7) is 2.10. The smallest absolute Gasteiger partial charge is 0.254 e. The standard InChI is InChI=1S/C14H17N3O4S/c1-11-8-12(21-2)9-14(18)17(11)7-6-16-22(19,20)13-4-3-5-15-10-13/h3-5,8-10,16H,6-7H2,1-2H3. The summed E-state index contributed by atoms with van der Waals surface area (Å²) in [5.74, 6) is 0.481. The monoisotopic (exact) mass is 323 g/mol. The second kappa shape index (κ2) is 6.71. The average Bonchev–Trinajstić information content (AvgIpc) is 2.50. The highest BCUT2D eigenvalue weighted by atomic mass is 32.2. The van der Waals surface area contributed by atoms with Gasteiger partial charge in [0, 0.05) is 37.2 Å². The minimum Gasteiger partial charge on any atom is -0.496 e. The van der Waals surface area contributed by atoms with Crippen LogP contribution in [-0.4, -0.2) is 31.6 Å². The molecule has 2 rings (SSSR count). The number of pyridine rings is 2. The van der Waals surface area contributed by atoms with Gasteiger partial charge in [-0.3, -0.25) is 9.78 Å². The van der Waals surface area contributed by atoms with Gasteiger partial charge in [0.2, 0.25) is 10.0 Å². The minimum absolute atomic E-state index is 0.0915. The van der Waals surface area contributed by atoms with Crippen molar-refractivity contribution in [2.45, 2.75) is 18.4 Å². The number of ether oxygens (including phenoxy) is 1. The Morgan fingerprint density at radius 2 is 2.14 bits per heavy atom. The van der Waals surface area contributed by atoms with Crippen LogP contribution in [0.5, 0.6) is 5.75 Å². The van der Waals surface area contributed by atoms with Crippen molar-refractivity contribution in [2.24, 2.45) is 0 Å². The number of nitrogens with zero attached hydrogens (tertiary/aromatic N) is 2. The first kappa shape index (κ1) is 16.2. The summed E-state index contributed by atoms with van der Waals surface area (Å²) in [6, 6.07) is 6.09. The number of rotatable bonds is 6. The van der Waals surface area contributed by atoms with Gasteiger partial charge < -0.3 is 9.30 Å². The predicted molar refractivity (Wildman–Crippen MR) is 81.4 cm³/mol. The van der Waals surface area contributed by atoms with Gasteiger partial charge in [0.15, 0.2) is 0 Å². The molecule has 0 saturated carbocycles. The Morgan fingerprint density at radius 3 is 2.73 bits per heavy atom. The van der Waals surface area contributed by atoms with Crippen LogP contribution in [0, 0.1) is 6.92 Å². The van der Waals surface area contributed by atoms with Crippen molar-refractivity contribution in [3.8, 4) is 5.75 Å². The van der Waals surface area contributed by atoms with Gasteiger partial charge in [0.25, 0.3) is 5.56 Å². The predicted octanol–water partition coefficient (Wildman–Crippen LogP) is 0.539. The molecule has 0 spiro atoms. The Balaban J connectivity index is 2.07. The van der Waals surface area contributed by atoms with Crippen molar-refractivity contribution in [1.82, 2.24) is 14.3 Å². The van der Waals surface area contributed by atoms with Gasteiger partial charge in [-0.05, 0) is 25.1 Å². The van der Waals surface area contributed by atoms with E-state index in [0.29, 0.717) is 11.4 Å². The largest absolute Gasteiger partial charge is 0.496 e. The number of aromatic nitrogens is 2. The summed E-state index contributed by atoms with van der Waals surface area (Å²) < 4.78 is 33.0. The highest BCUT2D eigenvalue weighted by molar-refractivity contribution is 7.89. The van der Waals surface area contributed by atoms with E-state index in [0.717, 1.165) is 0 Å². The second-order valence-corrected chi connectivity index (χ2v) is 6.38. The van der Waals surface area contributed by atoms with Gasteiger partial charge >= 0.3 is 0 Å². The maximum atomic E-state index is 12.0. The van der Waals surface area contributed by atoms with E-state index < -0.39 is 10.0 Å². The summed E-state index contributed by atoms with van der Waals surface area (Å²) in [4.78, 5) is 15.8. The van der Waals surface area contributed by atoms with Crippen LogP contribution < -0.4 is 15.0 Å². The van der Waals surface area contributed by atoms with E-state index in [9.17, 15) is 13.2 Å². The highest BCUT2D eigenvalue weighted by Gasteiger charge is 2.13. The molecule has 0 aromatic carbocycles. The molecule has 7 nitrogen and oxygen atoms in total. The molecular formula is C14H17N3O4S. The first-order valence-corrected chi connectivity index (χ1v) is 8.07. The van der Waals surface area contributed by atoms with E-state index in [1.54, 1.807) is 19.1 Å². The zero-order valence-electron chi connectivity index (χ0n) is 12.3. The number of hydrogen-bond donors (Lipinski definition) is 1. The topological polar surface area (TPSA) is 90.3 Å². The minimum atomic E-state index is -3.62. The average molecular weight is 323 g/mol. The number of sulfonamides is 1. The molecule has 1 N–H and O–H groups in total. The molecule has 118 valence electrons. The normalized spacial score (nSPS) is 11.4. The fourth-order valence-corrected chi connectivity index (χ4v) is 2.97. The number of hydrogen-bond acceptors (Lipinski definition) is 5. The molecule has 0 aliphatic rings. The Bertz CT molecular complexity index is 801. The van der Waals surface area contributed by atoms with E-state index in [1.807, 2.05) is 0 Å². The van der Waals surface area contributed by atoms with Crippen LogP contribution in [-0.2, 0) is 16.6 Å². The Labute approximate surface area is 128 Å². The third-order valence-electron chi connectivity index (χ3n) is 3.12.